The molecule has 1 heterocycles. The summed E-state index contributed by atoms with van der Waals surface area (Å²) < 4.78 is 113. The third kappa shape index (κ3) is 7.27. The molecule has 1 N–H and O–H groups in total. The second-order valence-electron chi connectivity index (χ2n) is 8.54. The molecule has 13 heteroatoms. The molecule has 0 spiro atoms. The van der Waals surface area contributed by atoms with Gasteiger partial charge >= 0.3 is 12.5 Å². The molecule has 39 heavy (non-hydrogen) atoms. The maximum atomic E-state index is 13.4. The summed E-state index contributed by atoms with van der Waals surface area (Å²) >= 11 is 1.27. The highest BCUT2D eigenvalue weighted by Gasteiger charge is 2.42. The molecule has 3 aromatic carbocycles. The van der Waals surface area contributed by atoms with E-state index in [1.807, 2.05) is 0 Å². The van der Waals surface area contributed by atoms with Gasteiger partial charge in [-0.1, -0.05) is 36.4 Å². The van der Waals surface area contributed by atoms with Crippen molar-refractivity contribution in [1.82, 2.24) is 0 Å². The van der Waals surface area contributed by atoms with Crippen molar-refractivity contribution >= 4 is 17.4 Å². The first kappa shape index (κ1) is 28.8. The molecule has 0 unspecified atom stereocenters. The first-order valence-electron chi connectivity index (χ1n) is 11.5. The topological polar surface area (TPSA) is 41.9 Å². The molecule has 0 saturated heterocycles. The summed E-state index contributed by atoms with van der Waals surface area (Å²) in [5, 5.41) is 9.95. The highest BCUT2D eigenvalue weighted by Crippen LogP contribution is 2.48. The molecule has 3 aromatic rings. The van der Waals surface area contributed by atoms with E-state index in [2.05, 4.69) is 4.74 Å². The molecule has 2 atom stereocenters. The van der Waals surface area contributed by atoms with E-state index in [9.17, 15) is 40.2 Å². The summed E-state index contributed by atoms with van der Waals surface area (Å²) in [4.78, 5) is 1.85. The zero-order chi connectivity index (χ0) is 28.4. The molecule has 1 aliphatic rings. The Kier molecular flexibility index (Phi) is 8.50. The number of thioether (sulfide) groups is 1. The first-order chi connectivity index (χ1) is 18.3. The van der Waals surface area contributed by atoms with E-state index in [4.69, 9.17) is 4.74 Å². The number of β-amino-alcohol motifs (C(OH)–C–C–N with tert-alkyl or cyclic N) is 1. The van der Waals surface area contributed by atoms with Crippen LogP contribution in [-0.4, -0.2) is 49.1 Å². The summed E-state index contributed by atoms with van der Waals surface area (Å²) in [6.45, 7) is -1.70. The van der Waals surface area contributed by atoms with Crippen LogP contribution in [0.1, 0.15) is 11.6 Å². The Balaban J connectivity index is 1.74. The fourth-order valence-corrected chi connectivity index (χ4v) is 5.54. The van der Waals surface area contributed by atoms with Crippen LogP contribution < -0.4 is 14.4 Å². The summed E-state index contributed by atoms with van der Waals surface area (Å²) in [7, 11) is 0. The van der Waals surface area contributed by atoms with Gasteiger partial charge in [0.15, 0.2) is 6.10 Å². The van der Waals surface area contributed by atoms with Gasteiger partial charge in [0, 0.05) is 10.6 Å². The molecule has 0 aromatic heterocycles. The molecule has 1 aliphatic heterocycles. The molecule has 4 nitrogen and oxygen atoms in total. The fraction of sp³-hybridized carbons (Fsp3) is 0.308. The van der Waals surface area contributed by atoms with Gasteiger partial charge in [-0.05, 0) is 47.0 Å². The summed E-state index contributed by atoms with van der Waals surface area (Å²) in [5.41, 5.74) is 1.60. The van der Waals surface area contributed by atoms with Crippen molar-refractivity contribution in [2.75, 3.05) is 23.8 Å². The van der Waals surface area contributed by atoms with Crippen LogP contribution in [0.3, 0.4) is 0 Å². The smallest absolute Gasteiger partial charge is 0.488 e. The number of nitrogens with zero attached hydrogens (tertiary/aromatic N) is 1. The third-order valence-corrected chi connectivity index (χ3v) is 7.01. The standard InChI is InChI=1S/C26H21F8NO3S/c27-23(28)13-37-17-6-2-5-16(11-17)21-14-39-24-19(15-4-1-7-18(10-15)38-26(32,33)34)8-3-9-20(24)35(21)12-22(36)25(29,30)31/h1-11,21-23,36H,12-14H2/t21-,22-/m0/s1. The van der Waals surface area contributed by atoms with E-state index >= 15 is 0 Å². The van der Waals surface area contributed by atoms with Crippen LogP contribution in [-0.2, 0) is 0 Å². The zero-order valence-corrected chi connectivity index (χ0v) is 20.7. The summed E-state index contributed by atoms with van der Waals surface area (Å²) in [6.07, 6.45) is -15.3. The van der Waals surface area contributed by atoms with Crippen molar-refractivity contribution in [3.8, 4) is 22.6 Å². The maximum absolute atomic E-state index is 13.4. The van der Waals surface area contributed by atoms with Crippen molar-refractivity contribution in [2.24, 2.45) is 0 Å². The van der Waals surface area contributed by atoms with Gasteiger partial charge in [-0.3, -0.25) is 0 Å². The lowest BCUT2D eigenvalue weighted by Crippen LogP contribution is -2.44. The Hall–Kier alpha value is -3.19. The van der Waals surface area contributed by atoms with Crippen LogP contribution in [0.15, 0.2) is 71.6 Å². The van der Waals surface area contributed by atoms with Crippen molar-refractivity contribution in [1.29, 1.82) is 0 Å². The predicted octanol–water partition coefficient (Wildman–Crippen LogP) is 7.47. The number of alkyl halides is 8. The monoisotopic (exact) mass is 579 g/mol. The summed E-state index contributed by atoms with van der Waals surface area (Å²) in [5.74, 6) is -0.164. The zero-order valence-electron chi connectivity index (χ0n) is 19.8. The van der Waals surface area contributed by atoms with E-state index < -0.39 is 50.0 Å². The molecular formula is C26H21F8NO3S. The molecule has 210 valence electrons. The quantitative estimate of drug-likeness (QED) is 0.281. The Morgan fingerprint density at radius 2 is 1.62 bits per heavy atom. The van der Waals surface area contributed by atoms with Crippen molar-refractivity contribution in [3.63, 3.8) is 0 Å². The fourth-order valence-electron chi connectivity index (χ4n) is 4.17. The first-order valence-corrected chi connectivity index (χ1v) is 12.4. The summed E-state index contributed by atoms with van der Waals surface area (Å²) in [6, 6.07) is 15.2. The average molecular weight is 580 g/mol. The van der Waals surface area contributed by atoms with Gasteiger partial charge in [0.2, 0.25) is 0 Å². The van der Waals surface area contributed by atoms with Gasteiger partial charge in [-0.25, -0.2) is 8.78 Å². The number of hydrogen-bond acceptors (Lipinski definition) is 5. The molecule has 0 amide bonds. The van der Waals surface area contributed by atoms with Crippen LogP contribution in [0.25, 0.3) is 11.1 Å². The van der Waals surface area contributed by atoms with E-state index in [1.54, 1.807) is 30.3 Å². The Labute approximate surface area is 222 Å². The van der Waals surface area contributed by atoms with Crippen molar-refractivity contribution in [3.05, 3.63) is 72.3 Å². The minimum atomic E-state index is -4.92. The highest BCUT2D eigenvalue weighted by atomic mass is 32.2. The molecule has 0 fully saturated rings. The number of benzene rings is 3. The highest BCUT2D eigenvalue weighted by molar-refractivity contribution is 7.99. The van der Waals surface area contributed by atoms with Gasteiger partial charge in [0.05, 0.1) is 18.3 Å². The van der Waals surface area contributed by atoms with Crippen molar-refractivity contribution in [2.45, 2.75) is 36.0 Å². The molecule has 0 radical (unpaired) electrons. The second-order valence-corrected chi connectivity index (χ2v) is 9.57. The molecular weight excluding hydrogens is 558 g/mol. The number of fused-ring (bicyclic) bond motifs is 1. The molecule has 4 rings (SSSR count). The average Bonchev–Trinajstić information content (AvgIpc) is 2.86. The number of halogens is 8. The number of rotatable bonds is 8. The van der Waals surface area contributed by atoms with Crippen LogP contribution in [0.4, 0.5) is 40.8 Å². The van der Waals surface area contributed by atoms with Crippen LogP contribution in [0, 0.1) is 0 Å². The largest absolute Gasteiger partial charge is 0.573 e. The number of aliphatic hydroxyl groups is 1. The SMILES string of the molecule is O[C@@H](CN1c2cccc(-c3cccc(OC(F)(F)F)c3)c2SC[C@H]1c1cccc(OCC(F)F)c1)C(F)(F)F. The van der Waals surface area contributed by atoms with Gasteiger partial charge in [-0.2, -0.15) is 13.2 Å². The minimum absolute atomic E-state index is 0.107. The van der Waals surface area contributed by atoms with Crippen molar-refractivity contribution < 1.29 is 49.7 Å². The number of anilines is 1. The van der Waals surface area contributed by atoms with Crippen LogP contribution in [0.2, 0.25) is 0 Å². The molecule has 0 aliphatic carbocycles. The normalized spacial score (nSPS) is 16.7. The lowest BCUT2D eigenvalue weighted by atomic mass is 10.0. The van der Waals surface area contributed by atoms with Crippen LogP contribution >= 0.6 is 11.8 Å². The van der Waals surface area contributed by atoms with E-state index in [0.717, 1.165) is 6.07 Å². The molecule has 0 bridgehead atoms. The number of ether oxygens (including phenoxy) is 2. The van der Waals surface area contributed by atoms with Gasteiger partial charge in [0.25, 0.3) is 6.43 Å². The van der Waals surface area contributed by atoms with E-state index in [1.165, 1.54) is 47.0 Å². The Bertz CT molecular complexity index is 1280. The van der Waals surface area contributed by atoms with Gasteiger partial charge in [0.1, 0.15) is 18.1 Å². The third-order valence-electron chi connectivity index (χ3n) is 5.81. The van der Waals surface area contributed by atoms with E-state index in [-0.39, 0.29) is 11.5 Å². The molecule has 0 saturated carbocycles. The number of aliphatic hydroxyl groups excluding tert-OH is 1. The van der Waals surface area contributed by atoms with Gasteiger partial charge < -0.3 is 19.5 Å². The Morgan fingerprint density at radius 3 is 2.31 bits per heavy atom. The predicted molar refractivity (Wildman–Crippen MR) is 129 cm³/mol. The Morgan fingerprint density at radius 1 is 0.923 bits per heavy atom. The minimum Gasteiger partial charge on any atom is -0.488 e. The lowest BCUT2D eigenvalue weighted by Gasteiger charge is -2.41. The second kappa shape index (κ2) is 11.5. The van der Waals surface area contributed by atoms with E-state index in [0.29, 0.717) is 27.3 Å². The lowest BCUT2D eigenvalue weighted by molar-refractivity contribution is -0.274. The van der Waals surface area contributed by atoms with Crippen LogP contribution in [0.5, 0.6) is 11.5 Å². The maximum Gasteiger partial charge on any atom is 0.573 e. The number of hydrogen-bond donors (Lipinski definition) is 1. The van der Waals surface area contributed by atoms with Gasteiger partial charge in [-0.15, -0.1) is 24.9 Å².